The number of nitrogens with zero attached hydrogens (tertiary/aromatic N) is 4. The van der Waals surface area contributed by atoms with Crippen molar-refractivity contribution in [3.8, 4) is 17.1 Å². The summed E-state index contributed by atoms with van der Waals surface area (Å²) < 4.78 is 5.63. The van der Waals surface area contributed by atoms with Gasteiger partial charge in [0.25, 0.3) is 0 Å². The van der Waals surface area contributed by atoms with Gasteiger partial charge in [0.2, 0.25) is 5.82 Å². The topological polar surface area (TPSA) is 99.1 Å². The summed E-state index contributed by atoms with van der Waals surface area (Å²) in [6, 6.07) is 14.2. The van der Waals surface area contributed by atoms with Crippen molar-refractivity contribution in [2.24, 2.45) is 4.99 Å². The molecule has 0 aliphatic heterocycles. The fourth-order valence-electron chi connectivity index (χ4n) is 2.23. The van der Waals surface area contributed by atoms with Crippen molar-refractivity contribution in [2.45, 2.75) is 19.8 Å². The van der Waals surface area contributed by atoms with Crippen LogP contribution in [0.4, 0.5) is 5.69 Å². The number of ether oxygens (including phenoxy) is 1. The highest BCUT2D eigenvalue weighted by molar-refractivity contribution is 5.93. The molecule has 1 aromatic heterocycles. The summed E-state index contributed by atoms with van der Waals surface area (Å²) in [5.74, 6) is 0.803. The number of aromatic nitrogens is 4. The standard InChI is InChI=1S/C18H19N5O2/c1-2-3-10-25-16-9-5-7-14(12-16)18(24)19-15-8-4-6-13(11-15)17-20-22-23-21-17/h4-9,11-12H,2-3,10H2,1H3,(H,19,24)(H,20,21,22,23)/p-1. The van der Waals surface area contributed by atoms with Crippen molar-refractivity contribution in [1.29, 1.82) is 0 Å². The van der Waals surface area contributed by atoms with Crippen LogP contribution in [-0.2, 0) is 0 Å². The highest BCUT2D eigenvalue weighted by atomic mass is 16.5. The van der Waals surface area contributed by atoms with E-state index in [1.54, 1.807) is 36.4 Å². The van der Waals surface area contributed by atoms with Crippen molar-refractivity contribution < 1.29 is 9.84 Å². The van der Waals surface area contributed by atoms with Crippen molar-refractivity contribution in [3.63, 3.8) is 0 Å². The molecule has 0 unspecified atom stereocenters. The molecule has 1 heterocycles. The minimum absolute atomic E-state index is 0.328. The van der Waals surface area contributed by atoms with Crippen molar-refractivity contribution in [2.75, 3.05) is 6.61 Å². The molecule has 7 heteroatoms. The van der Waals surface area contributed by atoms with Crippen LogP contribution < -0.4 is 9.84 Å². The number of aromatic amines is 1. The highest BCUT2D eigenvalue weighted by Crippen LogP contribution is 2.21. The van der Waals surface area contributed by atoms with Gasteiger partial charge in [0.15, 0.2) is 0 Å². The molecule has 128 valence electrons. The van der Waals surface area contributed by atoms with E-state index >= 15 is 0 Å². The van der Waals surface area contributed by atoms with Gasteiger partial charge in [-0.15, -0.1) is 10.2 Å². The molecule has 0 spiro atoms. The number of H-pyrrole nitrogens is 1. The molecule has 0 amide bonds. The summed E-state index contributed by atoms with van der Waals surface area (Å²) in [5.41, 5.74) is 1.75. The van der Waals surface area contributed by atoms with E-state index < -0.39 is 0 Å². The van der Waals surface area contributed by atoms with E-state index in [4.69, 9.17) is 4.74 Å². The molecule has 25 heavy (non-hydrogen) atoms. The van der Waals surface area contributed by atoms with Crippen LogP contribution in [0.3, 0.4) is 0 Å². The molecule has 7 nitrogen and oxygen atoms in total. The number of unbranched alkanes of at least 4 members (excludes halogenated alkanes) is 1. The molecule has 0 aliphatic rings. The first-order chi connectivity index (χ1) is 12.3. The van der Waals surface area contributed by atoms with Crippen LogP contribution in [0.15, 0.2) is 53.5 Å². The first-order valence-electron chi connectivity index (χ1n) is 8.09. The predicted molar refractivity (Wildman–Crippen MR) is 92.7 cm³/mol. The van der Waals surface area contributed by atoms with Crippen molar-refractivity contribution in [3.05, 3.63) is 54.1 Å². The first-order valence-corrected chi connectivity index (χ1v) is 8.09. The Morgan fingerprint density at radius 1 is 1.20 bits per heavy atom. The minimum atomic E-state index is -0.328. The molecular formula is C18H18N5O2-. The van der Waals surface area contributed by atoms with E-state index in [-0.39, 0.29) is 5.90 Å². The molecule has 3 aromatic rings. The molecule has 0 aliphatic carbocycles. The molecule has 3 rings (SSSR count). The third-order valence-corrected chi connectivity index (χ3v) is 3.53. The van der Waals surface area contributed by atoms with E-state index in [1.165, 1.54) is 0 Å². The highest BCUT2D eigenvalue weighted by Gasteiger charge is 2.03. The number of tetrazole rings is 1. The Morgan fingerprint density at radius 3 is 2.88 bits per heavy atom. The van der Waals surface area contributed by atoms with E-state index in [9.17, 15) is 5.11 Å². The van der Waals surface area contributed by atoms with Crippen LogP contribution in [0.1, 0.15) is 25.3 Å². The number of rotatable bonds is 7. The van der Waals surface area contributed by atoms with Crippen LogP contribution in [-0.4, -0.2) is 33.1 Å². The Morgan fingerprint density at radius 2 is 2.08 bits per heavy atom. The molecule has 0 atom stereocenters. The molecule has 0 radical (unpaired) electrons. The quantitative estimate of drug-likeness (QED) is 0.406. The zero-order chi connectivity index (χ0) is 17.5. The monoisotopic (exact) mass is 336 g/mol. The first kappa shape index (κ1) is 16.6. The van der Waals surface area contributed by atoms with Crippen molar-refractivity contribution in [1.82, 2.24) is 20.6 Å². The van der Waals surface area contributed by atoms with E-state index in [1.807, 2.05) is 12.1 Å². The molecule has 0 saturated heterocycles. The predicted octanol–water partition coefficient (Wildman–Crippen LogP) is 2.48. The Balaban J connectivity index is 1.79. The molecule has 2 aromatic carbocycles. The van der Waals surface area contributed by atoms with Gasteiger partial charge in [-0.3, -0.25) is 4.99 Å². The van der Waals surface area contributed by atoms with Crippen LogP contribution >= 0.6 is 0 Å². The lowest BCUT2D eigenvalue weighted by atomic mass is 10.2. The fourth-order valence-corrected chi connectivity index (χ4v) is 2.23. The van der Waals surface area contributed by atoms with Crippen molar-refractivity contribution >= 4 is 11.6 Å². The van der Waals surface area contributed by atoms with E-state index in [0.717, 1.165) is 18.4 Å². The zero-order valence-corrected chi connectivity index (χ0v) is 13.8. The zero-order valence-electron chi connectivity index (χ0n) is 13.8. The Hall–Kier alpha value is -3.22. The van der Waals surface area contributed by atoms with Gasteiger partial charge < -0.3 is 9.84 Å². The normalized spacial score (nSPS) is 11.5. The second-order valence-corrected chi connectivity index (χ2v) is 5.43. The fraction of sp³-hybridized carbons (Fsp3) is 0.222. The van der Waals surface area contributed by atoms with Crippen LogP contribution in [0, 0.1) is 0 Å². The van der Waals surface area contributed by atoms with Gasteiger partial charge in [-0.1, -0.05) is 37.6 Å². The maximum atomic E-state index is 12.4. The number of aliphatic imine (C=N–C) groups is 1. The third kappa shape index (κ3) is 4.41. The molecule has 0 saturated carbocycles. The average Bonchev–Trinajstić information content (AvgIpc) is 3.17. The summed E-state index contributed by atoms with van der Waals surface area (Å²) in [6.45, 7) is 2.74. The minimum Gasteiger partial charge on any atom is -0.858 e. The van der Waals surface area contributed by atoms with Gasteiger partial charge in [-0.05, 0) is 47.4 Å². The Kier molecular flexibility index (Phi) is 5.36. The molecular weight excluding hydrogens is 318 g/mol. The van der Waals surface area contributed by atoms with Gasteiger partial charge in [-0.2, -0.15) is 5.21 Å². The third-order valence-electron chi connectivity index (χ3n) is 3.53. The lowest BCUT2D eigenvalue weighted by Gasteiger charge is -2.13. The van der Waals surface area contributed by atoms with Gasteiger partial charge >= 0.3 is 0 Å². The second kappa shape index (κ2) is 8.05. The number of hydrogen-bond acceptors (Lipinski definition) is 6. The summed E-state index contributed by atoms with van der Waals surface area (Å²) >= 11 is 0. The van der Waals surface area contributed by atoms with E-state index in [0.29, 0.717) is 29.4 Å². The summed E-state index contributed by atoms with van der Waals surface area (Å²) in [4.78, 5) is 4.16. The van der Waals surface area contributed by atoms with Crippen LogP contribution in [0.5, 0.6) is 5.75 Å². The van der Waals surface area contributed by atoms with Gasteiger partial charge in [0.1, 0.15) is 5.75 Å². The van der Waals surface area contributed by atoms with Gasteiger partial charge in [0, 0.05) is 5.56 Å². The SMILES string of the molecule is CCCCOc1cccc(C([O-])=Nc2cccc(-c3nn[nH]n3)c2)c1. The largest absolute Gasteiger partial charge is 0.858 e. The summed E-state index contributed by atoms with van der Waals surface area (Å²) in [5, 5.41) is 26.2. The van der Waals surface area contributed by atoms with Gasteiger partial charge in [0.05, 0.1) is 12.3 Å². The maximum Gasteiger partial charge on any atom is 0.204 e. The van der Waals surface area contributed by atoms with Gasteiger partial charge in [-0.25, -0.2) is 0 Å². The number of benzene rings is 2. The van der Waals surface area contributed by atoms with E-state index in [2.05, 4.69) is 32.5 Å². The van der Waals surface area contributed by atoms with Crippen LogP contribution in [0.2, 0.25) is 0 Å². The Labute approximate surface area is 145 Å². The lowest BCUT2D eigenvalue weighted by molar-refractivity contribution is -0.212. The summed E-state index contributed by atoms with van der Waals surface area (Å²) in [6.07, 6.45) is 2.04. The number of hydrogen-bond donors (Lipinski definition) is 1. The Bertz CT molecular complexity index is 846. The average molecular weight is 336 g/mol. The number of nitrogens with one attached hydrogen (secondary N) is 1. The lowest BCUT2D eigenvalue weighted by Crippen LogP contribution is -2.18. The smallest absolute Gasteiger partial charge is 0.204 e. The summed E-state index contributed by atoms with van der Waals surface area (Å²) in [7, 11) is 0. The molecule has 0 fully saturated rings. The van der Waals surface area contributed by atoms with Crippen LogP contribution in [0.25, 0.3) is 11.4 Å². The molecule has 0 bridgehead atoms. The molecule has 1 N–H and O–H groups in total. The second-order valence-electron chi connectivity index (χ2n) is 5.43. The maximum absolute atomic E-state index is 12.4.